The molecule has 5 rings (SSSR count). The molecule has 5 aromatic rings. The second-order valence-electron chi connectivity index (χ2n) is 7.81. The van der Waals surface area contributed by atoms with Gasteiger partial charge in [-0.15, -0.1) is 0 Å². The van der Waals surface area contributed by atoms with E-state index in [9.17, 15) is 9.59 Å². The first-order valence-electron chi connectivity index (χ1n) is 10.6. The van der Waals surface area contributed by atoms with E-state index in [0.717, 1.165) is 27.8 Å². The number of aliphatic imine (C=N–C) groups is 1. The fraction of sp³-hybridized carbons (Fsp3) is 0.0741. The first-order chi connectivity index (χ1) is 16.1. The molecular weight excluding hydrogens is 412 g/mol. The lowest BCUT2D eigenvalue weighted by Crippen LogP contribution is -2.19. The molecule has 0 aliphatic carbocycles. The van der Waals surface area contributed by atoms with Crippen molar-refractivity contribution in [3.05, 3.63) is 118 Å². The fourth-order valence-electron chi connectivity index (χ4n) is 4.03. The summed E-state index contributed by atoms with van der Waals surface area (Å²) in [5.41, 5.74) is 3.87. The van der Waals surface area contributed by atoms with Crippen LogP contribution < -0.4 is 5.56 Å². The molecule has 0 unspecified atom stereocenters. The van der Waals surface area contributed by atoms with Gasteiger partial charge in [0.25, 0.3) is 11.5 Å². The molecule has 0 aliphatic heterocycles. The maximum Gasteiger partial charge on any atom is 0.297 e. The Labute approximate surface area is 190 Å². The lowest BCUT2D eigenvalue weighted by molar-refractivity contribution is 0.0965. The number of nitrogens with zero attached hydrogens (tertiary/aromatic N) is 4. The Morgan fingerprint density at radius 3 is 2.24 bits per heavy atom. The van der Waals surface area contributed by atoms with Crippen LogP contribution in [0.3, 0.4) is 0 Å². The summed E-state index contributed by atoms with van der Waals surface area (Å²) in [5, 5.41) is 0.891. The number of aromatic nitrogens is 3. The third kappa shape index (κ3) is 3.51. The third-order valence-electron chi connectivity index (χ3n) is 5.84. The molecule has 0 bridgehead atoms. The number of carbonyl (C=O) groups excluding carboxylic acids is 1. The molecule has 0 aliphatic rings. The molecule has 0 radical (unpaired) electrons. The van der Waals surface area contributed by atoms with Gasteiger partial charge in [-0.05, 0) is 37.3 Å². The quantitative estimate of drug-likeness (QED) is 0.379. The predicted molar refractivity (Wildman–Crippen MR) is 131 cm³/mol. The highest BCUT2D eigenvalue weighted by Gasteiger charge is 2.17. The predicted octanol–water partition coefficient (Wildman–Crippen LogP) is 4.88. The average molecular weight is 434 g/mol. The van der Waals surface area contributed by atoms with Gasteiger partial charge in [0, 0.05) is 36.0 Å². The van der Waals surface area contributed by atoms with Gasteiger partial charge in [0.1, 0.15) is 0 Å². The molecular formula is C27H22N4O2. The number of hydrogen-bond donors (Lipinski definition) is 0. The van der Waals surface area contributed by atoms with Crippen molar-refractivity contribution in [1.82, 2.24) is 13.9 Å². The summed E-state index contributed by atoms with van der Waals surface area (Å²) in [6.07, 6.45) is 3.44. The van der Waals surface area contributed by atoms with E-state index in [-0.39, 0.29) is 11.5 Å². The summed E-state index contributed by atoms with van der Waals surface area (Å²) in [4.78, 5) is 30.9. The molecule has 0 amide bonds. The van der Waals surface area contributed by atoms with E-state index in [4.69, 9.17) is 0 Å². The van der Waals surface area contributed by atoms with Crippen LogP contribution in [0.2, 0.25) is 0 Å². The standard InChI is InChI=1S/C27H22N4O2/c1-19-25(27(33)31(29(19)2)22-13-7-4-8-14-22)28-17-21-18-30(24-16-10-9-15-23(21)24)26(32)20-11-5-3-6-12-20/h3-18H,1-2H3. The maximum atomic E-state index is 13.2. The van der Waals surface area contributed by atoms with Crippen molar-refractivity contribution >= 4 is 28.7 Å². The first-order valence-corrected chi connectivity index (χ1v) is 10.6. The Kier molecular flexibility index (Phi) is 5.11. The second kappa shape index (κ2) is 8.24. The Morgan fingerprint density at radius 2 is 1.52 bits per heavy atom. The van der Waals surface area contributed by atoms with Crippen molar-refractivity contribution in [2.45, 2.75) is 6.92 Å². The van der Waals surface area contributed by atoms with Crippen LogP contribution in [-0.4, -0.2) is 26.1 Å². The van der Waals surface area contributed by atoms with E-state index in [0.29, 0.717) is 11.3 Å². The van der Waals surface area contributed by atoms with Crippen molar-refractivity contribution in [2.24, 2.45) is 12.0 Å². The molecule has 0 atom stereocenters. The maximum absolute atomic E-state index is 13.2. The van der Waals surface area contributed by atoms with Crippen molar-refractivity contribution < 1.29 is 4.79 Å². The summed E-state index contributed by atoms with van der Waals surface area (Å²) in [5.74, 6) is -0.117. The highest BCUT2D eigenvalue weighted by atomic mass is 16.2. The number of hydrogen-bond acceptors (Lipinski definition) is 3. The molecule has 2 aromatic heterocycles. The number of fused-ring (bicyclic) bond motifs is 1. The minimum atomic E-state index is -0.193. The zero-order valence-electron chi connectivity index (χ0n) is 18.3. The van der Waals surface area contributed by atoms with Crippen LogP contribution in [0.25, 0.3) is 16.6 Å². The van der Waals surface area contributed by atoms with Crippen molar-refractivity contribution in [3.8, 4) is 5.69 Å². The van der Waals surface area contributed by atoms with Gasteiger partial charge < -0.3 is 0 Å². The number of carbonyl (C=O) groups is 1. The highest BCUT2D eigenvalue weighted by Crippen LogP contribution is 2.23. The van der Waals surface area contributed by atoms with Gasteiger partial charge in [0.05, 0.1) is 16.9 Å². The molecule has 0 fully saturated rings. The average Bonchev–Trinajstić information content (AvgIpc) is 3.33. The van der Waals surface area contributed by atoms with Crippen molar-refractivity contribution in [1.29, 1.82) is 0 Å². The topological polar surface area (TPSA) is 61.3 Å². The van der Waals surface area contributed by atoms with E-state index in [1.54, 1.807) is 38.5 Å². The largest absolute Gasteiger partial charge is 0.297 e. The van der Waals surface area contributed by atoms with Crippen LogP contribution in [0, 0.1) is 6.92 Å². The van der Waals surface area contributed by atoms with E-state index in [1.165, 1.54) is 0 Å². The molecule has 3 aromatic carbocycles. The van der Waals surface area contributed by atoms with Crippen LogP contribution in [0.15, 0.2) is 101 Å². The summed E-state index contributed by atoms with van der Waals surface area (Å²) < 4.78 is 5.03. The number of rotatable bonds is 4. The zero-order chi connectivity index (χ0) is 22.9. The van der Waals surface area contributed by atoms with Gasteiger partial charge >= 0.3 is 0 Å². The van der Waals surface area contributed by atoms with Crippen molar-refractivity contribution in [3.63, 3.8) is 0 Å². The van der Waals surface area contributed by atoms with E-state index < -0.39 is 0 Å². The smallest absolute Gasteiger partial charge is 0.283 e. The van der Waals surface area contributed by atoms with Crippen LogP contribution in [0.1, 0.15) is 21.6 Å². The lowest BCUT2D eigenvalue weighted by atomic mass is 10.2. The van der Waals surface area contributed by atoms with Gasteiger partial charge in [0.2, 0.25) is 0 Å². The summed E-state index contributed by atoms with van der Waals surface area (Å²) in [7, 11) is 1.84. The first kappa shape index (κ1) is 20.5. The fourth-order valence-corrected chi connectivity index (χ4v) is 4.03. The van der Waals surface area contributed by atoms with Gasteiger partial charge in [0.15, 0.2) is 5.69 Å². The molecule has 0 saturated carbocycles. The lowest BCUT2D eigenvalue weighted by Gasteiger charge is -2.07. The monoisotopic (exact) mass is 434 g/mol. The van der Waals surface area contributed by atoms with Crippen LogP contribution in [0.4, 0.5) is 5.69 Å². The van der Waals surface area contributed by atoms with Crippen LogP contribution in [0.5, 0.6) is 0 Å². The summed E-state index contributed by atoms with van der Waals surface area (Å²) >= 11 is 0. The third-order valence-corrected chi connectivity index (χ3v) is 5.84. The molecule has 0 spiro atoms. The molecule has 0 N–H and O–H groups in total. The Morgan fingerprint density at radius 1 is 0.879 bits per heavy atom. The Hall–Kier alpha value is -4.45. The number of para-hydroxylation sites is 2. The molecule has 0 saturated heterocycles. The van der Waals surface area contributed by atoms with Gasteiger partial charge in [-0.3, -0.25) is 18.8 Å². The normalized spacial score (nSPS) is 11.5. The van der Waals surface area contributed by atoms with E-state index in [1.807, 2.05) is 86.8 Å². The van der Waals surface area contributed by atoms with Crippen LogP contribution >= 0.6 is 0 Å². The number of benzene rings is 3. The van der Waals surface area contributed by atoms with Crippen molar-refractivity contribution in [2.75, 3.05) is 0 Å². The van der Waals surface area contributed by atoms with Gasteiger partial charge in [-0.2, -0.15) is 0 Å². The van der Waals surface area contributed by atoms with Gasteiger partial charge in [-0.1, -0.05) is 54.6 Å². The minimum absolute atomic E-state index is 0.117. The molecule has 2 heterocycles. The Bertz CT molecular complexity index is 1550. The summed E-state index contributed by atoms with van der Waals surface area (Å²) in [6.45, 7) is 1.87. The van der Waals surface area contributed by atoms with Gasteiger partial charge in [-0.25, -0.2) is 9.67 Å². The van der Waals surface area contributed by atoms with E-state index >= 15 is 0 Å². The van der Waals surface area contributed by atoms with E-state index in [2.05, 4.69) is 4.99 Å². The molecule has 6 nitrogen and oxygen atoms in total. The minimum Gasteiger partial charge on any atom is -0.283 e. The summed E-state index contributed by atoms with van der Waals surface area (Å²) in [6, 6.07) is 26.3. The second-order valence-corrected chi connectivity index (χ2v) is 7.81. The Balaban J connectivity index is 1.59. The van der Waals surface area contributed by atoms with Crippen LogP contribution in [-0.2, 0) is 7.05 Å². The SMILES string of the molecule is Cc1c(N=Cc2cn(C(=O)c3ccccc3)c3ccccc23)c(=O)n(-c2ccccc2)n1C. The molecule has 6 heteroatoms. The molecule has 162 valence electrons. The zero-order valence-corrected chi connectivity index (χ0v) is 18.3. The molecule has 33 heavy (non-hydrogen) atoms. The highest BCUT2D eigenvalue weighted by molar-refractivity contribution is 6.07.